The maximum Gasteiger partial charge on any atom is 0.303 e. The number of β-lactam (4-membered cyclic amide) rings is 1. The minimum Gasteiger partial charge on any atom is -0.481 e. The fourth-order valence-electron chi connectivity index (χ4n) is 2.19. The number of carboxylic acid groups (broad SMARTS) is 1. The van der Waals surface area contributed by atoms with E-state index in [9.17, 15) is 9.59 Å². The molecule has 1 fully saturated rings. The number of carbonyl (C=O) groups is 2. The van der Waals surface area contributed by atoms with Crippen molar-refractivity contribution in [2.45, 2.75) is 77.4 Å². The molecule has 1 amide bonds. The molecule has 0 radical (unpaired) electrons. The van der Waals surface area contributed by atoms with Crippen molar-refractivity contribution in [3.63, 3.8) is 0 Å². The summed E-state index contributed by atoms with van der Waals surface area (Å²) in [5, 5.41) is 8.83. The molecule has 0 bridgehead atoms. The third-order valence-electron chi connectivity index (χ3n) is 4.45. The van der Waals surface area contributed by atoms with Gasteiger partial charge in [-0.05, 0) is 31.5 Å². The average molecular weight is 301 g/mol. The molecular weight excluding hydrogens is 274 g/mol. The Bertz CT molecular complexity index is 389. The first kappa shape index (κ1) is 17.2. The van der Waals surface area contributed by atoms with Crippen LogP contribution in [0.15, 0.2) is 0 Å². The summed E-state index contributed by atoms with van der Waals surface area (Å²) < 4.78 is 6.21. The van der Waals surface area contributed by atoms with Crippen LogP contribution in [0.5, 0.6) is 0 Å². The highest BCUT2D eigenvalue weighted by atomic mass is 28.4. The maximum atomic E-state index is 11.8. The Morgan fingerprint density at radius 1 is 1.50 bits per heavy atom. The number of hydrogen-bond donors (Lipinski definition) is 1. The van der Waals surface area contributed by atoms with Crippen LogP contribution in [-0.4, -0.2) is 42.5 Å². The van der Waals surface area contributed by atoms with Crippen molar-refractivity contribution in [2.75, 3.05) is 0 Å². The molecule has 1 aliphatic rings. The van der Waals surface area contributed by atoms with Crippen LogP contribution >= 0.6 is 0 Å². The molecule has 1 aliphatic heterocycles. The minimum atomic E-state index is -1.93. The fraction of sp³-hybridized carbons (Fsp3) is 0.857. The van der Waals surface area contributed by atoms with Crippen LogP contribution in [0, 0.1) is 0 Å². The van der Waals surface area contributed by atoms with Crippen LogP contribution in [-0.2, 0) is 14.0 Å². The smallest absolute Gasteiger partial charge is 0.303 e. The van der Waals surface area contributed by atoms with Gasteiger partial charge in [0, 0.05) is 18.9 Å². The number of nitrogens with zero attached hydrogens (tertiary/aromatic N) is 1. The number of hydrogen-bond acceptors (Lipinski definition) is 3. The van der Waals surface area contributed by atoms with Gasteiger partial charge in [-0.2, -0.15) is 0 Å². The van der Waals surface area contributed by atoms with Gasteiger partial charge in [0.2, 0.25) is 5.91 Å². The predicted octanol–water partition coefficient (Wildman–Crippen LogP) is 2.82. The summed E-state index contributed by atoms with van der Waals surface area (Å²) in [5.74, 6) is -0.756. The van der Waals surface area contributed by atoms with E-state index in [4.69, 9.17) is 9.53 Å². The maximum absolute atomic E-state index is 11.8. The van der Waals surface area contributed by atoms with Crippen LogP contribution in [0.25, 0.3) is 0 Å². The molecule has 0 aromatic rings. The summed E-state index contributed by atoms with van der Waals surface area (Å²) in [6.45, 7) is 12.7. The van der Waals surface area contributed by atoms with E-state index < -0.39 is 14.3 Å². The van der Waals surface area contributed by atoms with Gasteiger partial charge in [0.15, 0.2) is 8.32 Å². The standard InChI is InChI=1S/C14H27NO4Si/c1-10(19-20(5,6)14(2,3)4)15-11(9-12(15)16)7-8-13(17)18/h10-11H,7-9H2,1-6H3,(H,17,18)/t10?,11-/m1/s1. The molecule has 1 rings (SSSR count). The molecule has 1 N–H and O–H groups in total. The van der Waals surface area contributed by atoms with Gasteiger partial charge >= 0.3 is 5.97 Å². The summed E-state index contributed by atoms with van der Waals surface area (Å²) in [6.07, 6.45) is 0.780. The zero-order valence-corrected chi connectivity index (χ0v) is 14.4. The molecule has 1 saturated heterocycles. The van der Waals surface area contributed by atoms with Gasteiger partial charge in [-0.1, -0.05) is 20.8 Å². The highest BCUT2D eigenvalue weighted by Gasteiger charge is 2.44. The zero-order valence-electron chi connectivity index (χ0n) is 13.4. The van der Waals surface area contributed by atoms with Crippen LogP contribution < -0.4 is 0 Å². The first-order chi connectivity index (χ1) is 8.95. The van der Waals surface area contributed by atoms with Crippen LogP contribution in [0.4, 0.5) is 0 Å². The summed E-state index contributed by atoms with van der Waals surface area (Å²) in [5.41, 5.74) is 0. The Morgan fingerprint density at radius 2 is 2.05 bits per heavy atom. The molecule has 0 spiro atoms. The Labute approximate surface area is 122 Å². The lowest BCUT2D eigenvalue weighted by Crippen LogP contribution is -2.60. The second-order valence-electron chi connectivity index (χ2n) is 7.07. The number of aliphatic carboxylic acids is 1. The quantitative estimate of drug-likeness (QED) is 0.605. The van der Waals surface area contributed by atoms with Crippen molar-refractivity contribution in [1.82, 2.24) is 4.90 Å². The summed E-state index contributed by atoms with van der Waals surface area (Å²) in [7, 11) is -1.93. The van der Waals surface area contributed by atoms with Crippen molar-refractivity contribution in [1.29, 1.82) is 0 Å². The van der Waals surface area contributed by atoms with Crippen LogP contribution in [0.1, 0.15) is 47.0 Å². The van der Waals surface area contributed by atoms with E-state index in [0.717, 1.165) is 0 Å². The van der Waals surface area contributed by atoms with E-state index >= 15 is 0 Å². The first-order valence-electron chi connectivity index (χ1n) is 7.16. The second kappa shape index (κ2) is 5.85. The van der Waals surface area contributed by atoms with E-state index in [2.05, 4.69) is 33.9 Å². The zero-order chi connectivity index (χ0) is 15.7. The lowest BCUT2D eigenvalue weighted by molar-refractivity contribution is -0.161. The van der Waals surface area contributed by atoms with Crippen molar-refractivity contribution < 1.29 is 19.1 Å². The molecule has 1 heterocycles. The summed E-state index contributed by atoms with van der Waals surface area (Å²) in [6, 6.07) is 0.0124. The van der Waals surface area contributed by atoms with E-state index in [0.29, 0.717) is 12.8 Å². The molecule has 6 heteroatoms. The molecule has 0 aromatic carbocycles. The van der Waals surface area contributed by atoms with E-state index in [1.807, 2.05) is 6.92 Å². The van der Waals surface area contributed by atoms with Gasteiger partial charge in [-0.15, -0.1) is 0 Å². The average Bonchev–Trinajstić information content (AvgIpc) is 2.20. The Morgan fingerprint density at radius 3 is 2.45 bits per heavy atom. The van der Waals surface area contributed by atoms with E-state index in [-0.39, 0.29) is 29.6 Å². The Kier molecular flexibility index (Phi) is 5.02. The van der Waals surface area contributed by atoms with Gasteiger partial charge in [-0.25, -0.2) is 0 Å². The Balaban J connectivity index is 2.63. The predicted molar refractivity (Wildman–Crippen MR) is 79.9 cm³/mol. The van der Waals surface area contributed by atoms with Crippen LogP contribution in [0.2, 0.25) is 18.1 Å². The second-order valence-corrected chi connectivity index (χ2v) is 11.8. The summed E-state index contributed by atoms with van der Waals surface area (Å²) >= 11 is 0. The Hall–Kier alpha value is -0.883. The van der Waals surface area contributed by atoms with E-state index in [1.54, 1.807) is 4.90 Å². The molecule has 2 atom stereocenters. The lowest BCUT2D eigenvalue weighted by Gasteiger charge is -2.48. The molecule has 1 unspecified atom stereocenters. The van der Waals surface area contributed by atoms with Gasteiger partial charge in [0.25, 0.3) is 0 Å². The highest BCUT2D eigenvalue weighted by Crippen LogP contribution is 2.38. The van der Waals surface area contributed by atoms with Gasteiger partial charge in [-0.3, -0.25) is 9.59 Å². The summed E-state index contributed by atoms with van der Waals surface area (Å²) in [4.78, 5) is 24.1. The molecule has 0 aliphatic carbocycles. The third-order valence-corrected chi connectivity index (χ3v) is 8.99. The molecule has 0 aromatic heterocycles. The number of likely N-dealkylation sites (tertiary alicyclic amines) is 1. The molecule has 116 valence electrons. The van der Waals surface area contributed by atoms with Crippen molar-refractivity contribution in [3.05, 3.63) is 0 Å². The molecule has 20 heavy (non-hydrogen) atoms. The van der Waals surface area contributed by atoms with Gasteiger partial charge < -0.3 is 14.4 Å². The number of amides is 1. The fourth-order valence-corrected chi connectivity index (χ4v) is 3.51. The largest absolute Gasteiger partial charge is 0.481 e. The van der Waals surface area contributed by atoms with Gasteiger partial charge in [0.05, 0.1) is 0 Å². The monoisotopic (exact) mass is 301 g/mol. The van der Waals surface area contributed by atoms with Crippen molar-refractivity contribution >= 4 is 20.2 Å². The first-order valence-corrected chi connectivity index (χ1v) is 10.1. The van der Waals surface area contributed by atoms with Crippen molar-refractivity contribution in [3.8, 4) is 0 Å². The highest BCUT2D eigenvalue weighted by molar-refractivity contribution is 6.74. The minimum absolute atomic E-state index is 0.0124. The molecular formula is C14H27NO4Si. The normalized spacial score (nSPS) is 21.6. The molecule has 5 nitrogen and oxygen atoms in total. The van der Waals surface area contributed by atoms with Gasteiger partial charge in [0.1, 0.15) is 6.23 Å². The van der Waals surface area contributed by atoms with Crippen LogP contribution in [0.3, 0.4) is 0 Å². The number of rotatable bonds is 6. The molecule has 0 saturated carbocycles. The number of carboxylic acids is 1. The SMILES string of the molecule is CC(O[Si](C)(C)C(C)(C)C)N1C(=O)C[C@H]1CCC(=O)O. The lowest BCUT2D eigenvalue weighted by atomic mass is 9.97. The third kappa shape index (κ3) is 3.82. The van der Waals surface area contributed by atoms with Crippen molar-refractivity contribution in [2.24, 2.45) is 0 Å². The topological polar surface area (TPSA) is 66.8 Å². The van der Waals surface area contributed by atoms with E-state index in [1.165, 1.54) is 0 Å². The number of carbonyl (C=O) groups excluding carboxylic acids is 1.